The number of rotatable bonds is 5. The van der Waals surface area contributed by atoms with Gasteiger partial charge in [-0.05, 0) is 42.7 Å². The first-order chi connectivity index (χ1) is 11.4. The van der Waals surface area contributed by atoms with Gasteiger partial charge in [-0.15, -0.1) is 0 Å². The first-order valence-corrected chi connectivity index (χ1v) is 8.87. The number of hydrogen-bond donors (Lipinski definition) is 0. The summed E-state index contributed by atoms with van der Waals surface area (Å²) in [6, 6.07) is 6.59. The number of halogens is 1. The normalized spacial score (nSPS) is 23.8. The summed E-state index contributed by atoms with van der Waals surface area (Å²) in [5.74, 6) is 0.254. The number of hydrogen-bond acceptors (Lipinski definition) is 4. The summed E-state index contributed by atoms with van der Waals surface area (Å²) in [7, 11) is 0. The summed E-state index contributed by atoms with van der Waals surface area (Å²) in [5, 5.41) is 0.303. The SMILES string of the molecule is CC1CCC(C(C)C)C(OC(=O)COC(=O)c2ccccc2Cl)C1. The van der Waals surface area contributed by atoms with Crippen molar-refractivity contribution in [2.45, 2.75) is 46.1 Å². The van der Waals surface area contributed by atoms with Crippen LogP contribution in [0.4, 0.5) is 0 Å². The molecule has 1 aromatic carbocycles. The van der Waals surface area contributed by atoms with E-state index >= 15 is 0 Å². The van der Waals surface area contributed by atoms with Crippen LogP contribution in [0.15, 0.2) is 24.3 Å². The van der Waals surface area contributed by atoms with Gasteiger partial charge >= 0.3 is 11.9 Å². The standard InChI is InChI=1S/C19H25ClO4/c1-12(2)14-9-8-13(3)10-17(14)24-18(21)11-23-19(22)15-6-4-5-7-16(15)20/h4-7,12-14,17H,8-11H2,1-3H3. The third kappa shape index (κ3) is 4.97. The van der Waals surface area contributed by atoms with E-state index in [0.717, 1.165) is 12.8 Å². The van der Waals surface area contributed by atoms with Crippen molar-refractivity contribution in [3.63, 3.8) is 0 Å². The Labute approximate surface area is 148 Å². The molecule has 1 fully saturated rings. The Morgan fingerprint density at radius 2 is 1.96 bits per heavy atom. The summed E-state index contributed by atoms with van der Waals surface area (Å²) in [6.45, 7) is 6.09. The Morgan fingerprint density at radius 3 is 2.62 bits per heavy atom. The molecule has 0 N–H and O–H groups in total. The second-order valence-corrected chi connectivity index (χ2v) is 7.32. The second kappa shape index (κ2) is 8.52. The molecule has 0 heterocycles. The maximum atomic E-state index is 12.1. The average molecular weight is 353 g/mol. The maximum Gasteiger partial charge on any atom is 0.344 e. The first-order valence-electron chi connectivity index (χ1n) is 8.49. The minimum absolute atomic E-state index is 0.0970. The molecule has 132 valence electrons. The van der Waals surface area contributed by atoms with Gasteiger partial charge < -0.3 is 9.47 Å². The van der Waals surface area contributed by atoms with Crippen molar-refractivity contribution in [1.82, 2.24) is 0 Å². The molecule has 1 aliphatic carbocycles. The van der Waals surface area contributed by atoms with Gasteiger partial charge in [0.25, 0.3) is 0 Å². The van der Waals surface area contributed by atoms with Crippen LogP contribution in [-0.4, -0.2) is 24.6 Å². The molecule has 0 aromatic heterocycles. The summed E-state index contributed by atoms with van der Waals surface area (Å²) >= 11 is 5.94. The predicted molar refractivity (Wildman–Crippen MR) is 93.0 cm³/mol. The molecule has 1 aromatic rings. The van der Waals surface area contributed by atoms with Crippen molar-refractivity contribution in [1.29, 1.82) is 0 Å². The smallest absolute Gasteiger partial charge is 0.344 e. The summed E-state index contributed by atoms with van der Waals surface area (Å²) in [5.41, 5.74) is 0.248. The molecule has 1 aliphatic rings. The van der Waals surface area contributed by atoms with Crippen LogP contribution in [0.2, 0.25) is 5.02 Å². The van der Waals surface area contributed by atoms with Gasteiger partial charge in [0.1, 0.15) is 6.10 Å². The van der Waals surface area contributed by atoms with Gasteiger partial charge in [0, 0.05) is 0 Å². The van der Waals surface area contributed by atoms with Crippen LogP contribution in [0.3, 0.4) is 0 Å². The van der Waals surface area contributed by atoms with Crippen molar-refractivity contribution >= 4 is 23.5 Å². The zero-order valence-corrected chi connectivity index (χ0v) is 15.2. The highest BCUT2D eigenvalue weighted by Gasteiger charge is 2.33. The van der Waals surface area contributed by atoms with Crippen LogP contribution in [0, 0.1) is 17.8 Å². The zero-order chi connectivity index (χ0) is 17.7. The molecule has 0 aliphatic heterocycles. The van der Waals surface area contributed by atoms with E-state index in [2.05, 4.69) is 20.8 Å². The van der Waals surface area contributed by atoms with Crippen molar-refractivity contribution in [2.75, 3.05) is 6.61 Å². The van der Waals surface area contributed by atoms with E-state index in [4.69, 9.17) is 21.1 Å². The van der Waals surface area contributed by atoms with Crippen molar-refractivity contribution < 1.29 is 19.1 Å². The van der Waals surface area contributed by atoms with Gasteiger partial charge in [-0.3, -0.25) is 0 Å². The van der Waals surface area contributed by atoms with E-state index in [-0.39, 0.29) is 18.3 Å². The Balaban J connectivity index is 1.88. The molecule has 0 radical (unpaired) electrons. The maximum absolute atomic E-state index is 12.1. The fourth-order valence-electron chi connectivity index (χ4n) is 3.28. The van der Waals surface area contributed by atoms with Crippen LogP contribution in [0.5, 0.6) is 0 Å². The van der Waals surface area contributed by atoms with Gasteiger partial charge in [0.05, 0.1) is 10.6 Å². The molecule has 0 bridgehead atoms. The van der Waals surface area contributed by atoms with Gasteiger partial charge in [-0.2, -0.15) is 0 Å². The van der Waals surface area contributed by atoms with Crippen molar-refractivity contribution in [3.8, 4) is 0 Å². The second-order valence-electron chi connectivity index (χ2n) is 6.91. The van der Waals surface area contributed by atoms with E-state index in [1.807, 2.05) is 0 Å². The lowest BCUT2D eigenvalue weighted by Crippen LogP contribution is -2.36. The molecule has 24 heavy (non-hydrogen) atoms. The van der Waals surface area contributed by atoms with E-state index in [1.54, 1.807) is 24.3 Å². The van der Waals surface area contributed by atoms with Crippen LogP contribution in [0.1, 0.15) is 50.4 Å². The monoisotopic (exact) mass is 352 g/mol. The van der Waals surface area contributed by atoms with Gasteiger partial charge in [-0.1, -0.05) is 50.9 Å². The predicted octanol–water partition coefficient (Wildman–Crippen LogP) is 4.50. The zero-order valence-electron chi connectivity index (χ0n) is 14.5. The lowest BCUT2D eigenvalue weighted by Gasteiger charge is -2.36. The molecular weight excluding hydrogens is 328 g/mol. The minimum atomic E-state index is -0.616. The quantitative estimate of drug-likeness (QED) is 0.732. The number of esters is 2. The Hall–Kier alpha value is -1.55. The highest BCUT2D eigenvalue weighted by atomic mass is 35.5. The molecule has 3 unspecified atom stereocenters. The molecule has 3 atom stereocenters. The van der Waals surface area contributed by atoms with Crippen LogP contribution >= 0.6 is 11.6 Å². The molecule has 2 rings (SSSR count). The Morgan fingerprint density at radius 1 is 1.25 bits per heavy atom. The molecule has 5 heteroatoms. The minimum Gasteiger partial charge on any atom is -0.460 e. The lowest BCUT2D eigenvalue weighted by molar-refractivity contribution is -0.159. The van der Waals surface area contributed by atoms with Crippen molar-refractivity contribution in [3.05, 3.63) is 34.9 Å². The summed E-state index contributed by atoms with van der Waals surface area (Å²) in [6.07, 6.45) is 3.00. The fourth-order valence-corrected chi connectivity index (χ4v) is 3.49. The third-order valence-electron chi connectivity index (χ3n) is 4.66. The highest BCUT2D eigenvalue weighted by molar-refractivity contribution is 6.33. The molecule has 0 amide bonds. The molecule has 0 saturated heterocycles. The number of ether oxygens (including phenoxy) is 2. The number of carbonyl (C=O) groups excluding carboxylic acids is 2. The van der Waals surface area contributed by atoms with Crippen molar-refractivity contribution in [2.24, 2.45) is 17.8 Å². The van der Waals surface area contributed by atoms with E-state index in [0.29, 0.717) is 22.8 Å². The van der Waals surface area contributed by atoms with Gasteiger partial charge in [-0.25, -0.2) is 9.59 Å². The largest absolute Gasteiger partial charge is 0.460 e. The van der Waals surface area contributed by atoms with E-state index < -0.39 is 11.9 Å². The topological polar surface area (TPSA) is 52.6 Å². The first kappa shape index (κ1) is 18.8. The van der Waals surface area contributed by atoms with E-state index in [9.17, 15) is 9.59 Å². The fraction of sp³-hybridized carbons (Fsp3) is 0.579. The third-order valence-corrected chi connectivity index (χ3v) is 4.99. The van der Waals surface area contributed by atoms with Crippen LogP contribution in [-0.2, 0) is 14.3 Å². The van der Waals surface area contributed by atoms with Crippen LogP contribution in [0.25, 0.3) is 0 Å². The molecular formula is C19H25ClO4. The number of carbonyl (C=O) groups is 2. The lowest BCUT2D eigenvalue weighted by atomic mass is 9.75. The molecule has 1 saturated carbocycles. The van der Waals surface area contributed by atoms with Gasteiger partial charge in [0.15, 0.2) is 6.61 Å². The number of benzene rings is 1. The Bertz CT molecular complexity index is 584. The summed E-state index contributed by atoms with van der Waals surface area (Å²) in [4.78, 5) is 24.0. The van der Waals surface area contributed by atoms with Crippen LogP contribution < -0.4 is 0 Å². The highest BCUT2D eigenvalue weighted by Crippen LogP contribution is 2.35. The Kier molecular flexibility index (Phi) is 6.67. The summed E-state index contributed by atoms with van der Waals surface area (Å²) < 4.78 is 10.6. The molecule has 0 spiro atoms. The van der Waals surface area contributed by atoms with E-state index in [1.165, 1.54) is 6.42 Å². The van der Waals surface area contributed by atoms with Gasteiger partial charge in [0.2, 0.25) is 0 Å². The average Bonchev–Trinajstić information content (AvgIpc) is 2.53. The molecule has 4 nitrogen and oxygen atoms in total.